The highest BCUT2D eigenvalue weighted by atomic mass is 31.2. The van der Waals surface area contributed by atoms with Crippen LogP contribution in [0.3, 0.4) is 0 Å². The molecule has 0 radical (unpaired) electrons. The zero-order valence-corrected chi connectivity index (χ0v) is 15.8. The van der Waals surface area contributed by atoms with Crippen LogP contribution in [0.5, 0.6) is 5.75 Å². The molecule has 2 rings (SSSR count). The van der Waals surface area contributed by atoms with Crippen molar-refractivity contribution >= 4 is 26.0 Å². The first-order valence-corrected chi connectivity index (χ1v) is 11.3. The van der Waals surface area contributed by atoms with E-state index in [-0.39, 0.29) is 0 Å². The van der Waals surface area contributed by atoms with E-state index < -0.39 is 27.5 Å². The van der Waals surface area contributed by atoms with Crippen LogP contribution in [0, 0.1) is 0 Å². The number of fused-ring (bicyclic) bond motifs is 1. The molecule has 25 heavy (non-hydrogen) atoms. The maximum absolute atomic E-state index is 11.6. The van der Waals surface area contributed by atoms with E-state index in [2.05, 4.69) is 0 Å². The molecule has 0 aromatic heterocycles. The van der Waals surface area contributed by atoms with Crippen molar-refractivity contribution in [1.82, 2.24) is 0 Å². The van der Waals surface area contributed by atoms with E-state index in [4.69, 9.17) is 4.74 Å². The Hall–Kier alpha value is -1.20. The summed E-state index contributed by atoms with van der Waals surface area (Å²) < 4.78 is 28.5. The topological polar surface area (TPSA) is 124 Å². The smallest absolute Gasteiger partial charge is 0.329 e. The molecule has 2 aromatic carbocycles. The summed E-state index contributed by atoms with van der Waals surface area (Å²) in [5, 5.41) is 1.04. The van der Waals surface area contributed by atoms with Crippen molar-refractivity contribution < 1.29 is 33.4 Å². The number of ether oxygens (including phenoxy) is 1. The molecule has 0 heterocycles. The van der Waals surface area contributed by atoms with Crippen molar-refractivity contribution in [3.8, 4) is 5.75 Å². The molecule has 0 aliphatic carbocycles. The van der Waals surface area contributed by atoms with Crippen LogP contribution in [0.2, 0.25) is 0 Å². The van der Waals surface area contributed by atoms with E-state index >= 15 is 0 Å². The van der Waals surface area contributed by atoms with Crippen LogP contribution < -0.4 is 4.74 Å². The lowest BCUT2D eigenvalue weighted by Gasteiger charge is -2.19. The molecule has 0 saturated heterocycles. The highest BCUT2D eigenvalue weighted by molar-refractivity contribution is 7.51. The molecule has 4 N–H and O–H groups in total. The predicted molar refractivity (Wildman–Crippen MR) is 96.0 cm³/mol. The summed E-state index contributed by atoms with van der Waals surface area (Å²) in [5.74, 6) is 0.568. The fraction of sp³-hybridized carbons (Fsp3) is 0.375. The number of methoxy groups -OCH3 is 1. The Morgan fingerprint density at radius 3 is 2.08 bits per heavy atom. The van der Waals surface area contributed by atoms with Gasteiger partial charge in [-0.05, 0) is 28.5 Å². The molecule has 2 aromatic rings. The molecule has 138 valence electrons. The van der Waals surface area contributed by atoms with Gasteiger partial charge in [0.05, 0.1) is 19.4 Å². The summed E-state index contributed by atoms with van der Waals surface area (Å²) in [6.07, 6.45) is 0.479. The summed E-state index contributed by atoms with van der Waals surface area (Å²) in [4.78, 5) is 37.5. The van der Waals surface area contributed by atoms with E-state index in [0.29, 0.717) is 34.1 Å². The third-order valence-corrected chi connectivity index (χ3v) is 5.34. The minimum absolute atomic E-state index is 0.343. The van der Waals surface area contributed by atoms with E-state index in [1.165, 1.54) is 7.11 Å². The second kappa shape index (κ2) is 7.58. The van der Waals surface area contributed by atoms with Gasteiger partial charge in [-0.15, -0.1) is 0 Å². The summed E-state index contributed by atoms with van der Waals surface area (Å²) in [6, 6.07) is 6.63. The van der Waals surface area contributed by atoms with Gasteiger partial charge in [0, 0.05) is 5.39 Å². The van der Waals surface area contributed by atoms with Gasteiger partial charge >= 0.3 is 15.2 Å². The lowest BCUT2D eigenvalue weighted by molar-refractivity contribution is 0.370. The molecule has 0 spiro atoms. The largest absolute Gasteiger partial charge is 0.496 e. The van der Waals surface area contributed by atoms with Gasteiger partial charge in [-0.3, -0.25) is 9.13 Å². The van der Waals surface area contributed by atoms with Crippen LogP contribution in [0.4, 0.5) is 0 Å². The van der Waals surface area contributed by atoms with E-state index in [9.17, 15) is 28.7 Å². The van der Waals surface area contributed by atoms with Crippen molar-refractivity contribution in [3.05, 3.63) is 41.0 Å². The molecule has 0 atom stereocenters. The van der Waals surface area contributed by atoms with Gasteiger partial charge in [-0.25, -0.2) is 0 Å². The normalized spacial score (nSPS) is 12.6. The van der Waals surface area contributed by atoms with Gasteiger partial charge in [0.2, 0.25) is 0 Å². The Kier molecular flexibility index (Phi) is 6.10. The summed E-state index contributed by atoms with van der Waals surface area (Å²) in [6.45, 7) is 1.98. The van der Waals surface area contributed by atoms with E-state index in [0.717, 1.165) is 12.0 Å². The van der Waals surface area contributed by atoms with Gasteiger partial charge in [-0.2, -0.15) is 0 Å². The van der Waals surface area contributed by atoms with Gasteiger partial charge in [0.15, 0.2) is 0 Å². The first-order chi connectivity index (χ1) is 11.6. The molecule has 0 amide bonds. The Morgan fingerprint density at radius 1 is 0.960 bits per heavy atom. The maximum Gasteiger partial charge on any atom is 0.329 e. The Bertz CT molecular complexity index is 866. The quantitative estimate of drug-likeness (QED) is 0.537. The fourth-order valence-corrected chi connectivity index (χ4v) is 4.49. The molecular weight excluding hydrogens is 366 g/mol. The lowest BCUT2D eigenvalue weighted by atomic mass is 9.95. The van der Waals surface area contributed by atoms with E-state index in [1.807, 2.05) is 6.92 Å². The highest BCUT2D eigenvalue weighted by Crippen LogP contribution is 2.47. The monoisotopic (exact) mass is 388 g/mol. The molecular formula is C16H22O7P2. The molecule has 0 bridgehead atoms. The molecule has 0 aliphatic rings. The first-order valence-electron chi connectivity index (χ1n) is 7.75. The molecule has 9 heteroatoms. The molecule has 0 saturated carbocycles. The van der Waals surface area contributed by atoms with Crippen LogP contribution >= 0.6 is 15.2 Å². The standard InChI is InChI=1S/C16H22O7P2/c1-3-5-11-8-13(10-25(20,21)22)15-12(9-24(17,18)19)6-4-7-14(15)16(11)23-2/h4,6-8H,3,5,9-10H2,1-2H3,(H2,17,18,19)(H2,20,21,22). The maximum atomic E-state index is 11.6. The molecule has 0 unspecified atom stereocenters. The van der Waals surface area contributed by atoms with Crippen molar-refractivity contribution in [1.29, 1.82) is 0 Å². The van der Waals surface area contributed by atoms with Crippen molar-refractivity contribution in [3.63, 3.8) is 0 Å². The van der Waals surface area contributed by atoms with Crippen molar-refractivity contribution in [2.24, 2.45) is 0 Å². The van der Waals surface area contributed by atoms with Crippen LogP contribution in [0.15, 0.2) is 24.3 Å². The van der Waals surface area contributed by atoms with Crippen LogP contribution in [-0.2, 0) is 27.9 Å². The zero-order valence-electron chi connectivity index (χ0n) is 14.0. The number of aryl methyl sites for hydroxylation is 1. The summed E-state index contributed by atoms with van der Waals surface area (Å²) in [5.41, 5.74) is 1.53. The Labute approximate surface area is 146 Å². The third kappa shape index (κ3) is 5.14. The minimum atomic E-state index is -4.36. The number of rotatable bonds is 7. The first kappa shape index (κ1) is 20.1. The van der Waals surface area contributed by atoms with Crippen LogP contribution in [-0.4, -0.2) is 26.7 Å². The molecule has 0 fully saturated rings. The van der Waals surface area contributed by atoms with Crippen LogP contribution in [0.1, 0.15) is 30.0 Å². The van der Waals surface area contributed by atoms with Gasteiger partial charge in [0.1, 0.15) is 5.75 Å². The average molecular weight is 388 g/mol. The third-order valence-electron chi connectivity index (χ3n) is 3.83. The van der Waals surface area contributed by atoms with Crippen molar-refractivity contribution in [2.75, 3.05) is 7.11 Å². The molecule has 0 aliphatic heterocycles. The number of hydrogen-bond acceptors (Lipinski definition) is 3. The highest BCUT2D eigenvalue weighted by Gasteiger charge is 2.23. The van der Waals surface area contributed by atoms with Crippen molar-refractivity contribution in [2.45, 2.75) is 32.1 Å². The minimum Gasteiger partial charge on any atom is -0.496 e. The Morgan fingerprint density at radius 2 is 1.56 bits per heavy atom. The second-order valence-electron chi connectivity index (χ2n) is 5.96. The number of hydrogen-bond donors (Lipinski definition) is 4. The second-order valence-corrected chi connectivity index (χ2v) is 9.25. The van der Waals surface area contributed by atoms with Gasteiger partial charge in [-0.1, -0.05) is 37.6 Å². The summed E-state index contributed by atoms with van der Waals surface area (Å²) >= 11 is 0. The van der Waals surface area contributed by atoms with Gasteiger partial charge < -0.3 is 24.3 Å². The molecule has 7 nitrogen and oxygen atoms in total. The Balaban J connectivity index is 2.84. The average Bonchev–Trinajstić information content (AvgIpc) is 2.44. The zero-order chi connectivity index (χ0) is 18.8. The number of benzene rings is 2. The lowest BCUT2D eigenvalue weighted by Crippen LogP contribution is -2.01. The van der Waals surface area contributed by atoms with Gasteiger partial charge in [0.25, 0.3) is 0 Å². The van der Waals surface area contributed by atoms with E-state index in [1.54, 1.807) is 24.3 Å². The fourth-order valence-electron chi connectivity index (χ4n) is 3.09. The SMILES string of the molecule is CCCc1cc(CP(=O)(O)O)c2c(CP(=O)(O)O)cccc2c1OC. The summed E-state index contributed by atoms with van der Waals surface area (Å²) in [7, 11) is -7.20. The predicted octanol–water partition coefficient (Wildman–Crippen LogP) is 3.16. The van der Waals surface area contributed by atoms with Crippen LogP contribution in [0.25, 0.3) is 10.8 Å².